The molecule has 1 aromatic carbocycles. The van der Waals surface area contributed by atoms with Gasteiger partial charge in [0.05, 0.1) is 0 Å². The first-order chi connectivity index (χ1) is 9.19. The Balaban J connectivity index is 1.80. The van der Waals surface area contributed by atoms with Crippen LogP contribution in [0.5, 0.6) is 0 Å². The molecule has 0 unspecified atom stereocenters. The molecule has 19 heavy (non-hydrogen) atoms. The molecule has 1 aromatic rings. The van der Waals surface area contributed by atoms with Crippen LogP contribution in [0, 0.1) is 18.8 Å². The average molecular weight is 276 g/mol. The molecule has 2 fully saturated rings. The third-order valence-corrected chi connectivity index (χ3v) is 5.08. The van der Waals surface area contributed by atoms with Gasteiger partial charge in [0.25, 0.3) is 5.91 Å². The van der Waals surface area contributed by atoms with Crippen molar-refractivity contribution < 1.29 is 4.79 Å². The number of amides is 1. The van der Waals surface area contributed by atoms with Crippen molar-refractivity contribution in [3.63, 3.8) is 0 Å². The Labute approximate surface area is 118 Å². The van der Waals surface area contributed by atoms with Gasteiger partial charge in [-0.05, 0) is 42.7 Å². The Morgan fingerprint density at radius 3 is 2.63 bits per heavy atom. The maximum absolute atomic E-state index is 12.7. The lowest BCUT2D eigenvalue weighted by molar-refractivity contribution is 0.0780. The highest BCUT2D eigenvalue weighted by atomic mass is 32.2. The zero-order valence-electron chi connectivity index (χ0n) is 11.5. The predicted octanol–water partition coefficient (Wildman–Crippen LogP) is 2.01. The van der Waals surface area contributed by atoms with Crippen LogP contribution in [-0.2, 0) is 0 Å². The Morgan fingerprint density at radius 2 is 2.00 bits per heavy atom. The second kappa shape index (κ2) is 5.17. The molecule has 0 saturated carbocycles. The van der Waals surface area contributed by atoms with Crippen molar-refractivity contribution in [1.29, 1.82) is 0 Å². The lowest BCUT2D eigenvalue weighted by atomic mass is 10.0. The minimum Gasteiger partial charge on any atom is -0.338 e. The highest BCUT2D eigenvalue weighted by Gasteiger charge is 2.38. The summed E-state index contributed by atoms with van der Waals surface area (Å²) in [5.74, 6) is 1.53. The second-order valence-electron chi connectivity index (χ2n) is 5.57. The van der Waals surface area contributed by atoms with E-state index in [1.807, 2.05) is 24.1 Å². The molecule has 2 atom stereocenters. The molecule has 2 heterocycles. The predicted molar refractivity (Wildman–Crippen MR) is 78.7 cm³/mol. The zero-order valence-corrected chi connectivity index (χ0v) is 12.3. The molecule has 2 aliphatic heterocycles. The van der Waals surface area contributed by atoms with Gasteiger partial charge in [0.15, 0.2) is 0 Å². The standard InChI is InChI=1S/C15H20N2OS/c1-10-3-4-13(19-2)5-14(10)15(18)17-8-11-6-16-7-12(11)9-17/h3-5,11-12,16H,6-9H2,1-2H3/t11-,12+. The van der Waals surface area contributed by atoms with Gasteiger partial charge in [-0.1, -0.05) is 6.07 Å². The van der Waals surface area contributed by atoms with E-state index in [1.54, 1.807) is 11.8 Å². The molecule has 3 rings (SSSR count). The summed E-state index contributed by atoms with van der Waals surface area (Å²) in [6.45, 7) is 5.99. The number of rotatable bonds is 2. The van der Waals surface area contributed by atoms with Crippen molar-refractivity contribution in [3.05, 3.63) is 29.3 Å². The van der Waals surface area contributed by atoms with E-state index in [2.05, 4.69) is 17.4 Å². The SMILES string of the molecule is CSc1ccc(C)c(C(=O)N2C[C@H]3CNC[C@H]3C2)c1. The number of carbonyl (C=O) groups is 1. The molecule has 2 aliphatic rings. The maximum atomic E-state index is 12.7. The third kappa shape index (κ3) is 2.39. The van der Waals surface area contributed by atoms with E-state index in [0.29, 0.717) is 11.8 Å². The fourth-order valence-electron chi connectivity index (χ4n) is 3.15. The number of fused-ring (bicyclic) bond motifs is 1. The third-order valence-electron chi connectivity index (χ3n) is 4.35. The Bertz CT molecular complexity index is 491. The van der Waals surface area contributed by atoms with Gasteiger partial charge in [0.2, 0.25) is 0 Å². The highest BCUT2D eigenvalue weighted by Crippen LogP contribution is 2.28. The van der Waals surface area contributed by atoms with E-state index in [-0.39, 0.29) is 5.91 Å². The molecule has 0 aliphatic carbocycles. The van der Waals surface area contributed by atoms with Gasteiger partial charge in [0, 0.05) is 36.6 Å². The number of thioether (sulfide) groups is 1. The number of nitrogens with zero attached hydrogens (tertiary/aromatic N) is 1. The fourth-order valence-corrected chi connectivity index (χ4v) is 3.59. The summed E-state index contributed by atoms with van der Waals surface area (Å²) >= 11 is 1.69. The summed E-state index contributed by atoms with van der Waals surface area (Å²) in [6, 6.07) is 6.17. The number of carbonyl (C=O) groups excluding carboxylic acids is 1. The lowest BCUT2D eigenvalue weighted by Gasteiger charge is -2.19. The smallest absolute Gasteiger partial charge is 0.254 e. The first kappa shape index (κ1) is 13.0. The van der Waals surface area contributed by atoms with Crippen LogP contribution in [0.2, 0.25) is 0 Å². The molecule has 0 bridgehead atoms. The summed E-state index contributed by atoms with van der Waals surface area (Å²) in [7, 11) is 0. The summed E-state index contributed by atoms with van der Waals surface area (Å²) in [5, 5.41) is 3.41. The summed E-state index contributed by atoms with van der Waals surface area (Å²) in [5.41, 5.74) is 1.96. The van der Waals surface area contributed by atoms with Crippen LogP contribution in [0.4, 0.5) is 0 Å². The maximum Gasteiger partial charge on any atom is 0.254 e. The lowest BCUT2D eigenvalue weighted by Crippen LogP contribution is -2.32. The molecular weight excluding hydrogens is 256 g/mol. The Hall–Kier alpha value is -1.00. The van der Waals surface area contributed by atoms with Gasteiger partial charge in [-0.3, -0.25) is 4.79 Å². The van der Waals surface area contributed by atoms with Crippen LogP contribution >= 0.6 is 11.8 Å². The first-order valence-electron chi connectivity index (χ1n) is 6.83. The van der Waals surface area contributed by atoms with Crippen LogP contribution in [0.15, 0.2) is 23.1 Å². The second-order valence-corrected chi connectivity index (χ2v) is 6.45. The van der Waals surface area contributed by atoms with Crippen LogP contribution in [0.25, 0.3) is 0 Å². The number of nitrogens with one attached hydrogen (secondary N) is 1. The zero-order chi connectivity index (χ0) is 13.4. The summed E-state index contributed by atoms with van der Waals surface area (Å²) in [6.07, 6.45) is 2.05. The molecular formula is C15H20N2OS. The van der Waals surface area contributed by atoms with E-state index in [0.717, 1.165) is 42.2 Å². The molecule has 4 heteroatoms. The molecule has 3 nitrogen and oxygen atoms in total. The van der Waals surface area contributed by atoms with Crippen molar-refractivity contribution in [3.8, 4) is 0 Å². The first-order valence-corrected chi connectivity index (χ1v) is 8.06. The van der Waals surface area contributed by atoms with Crippen molar-refractivity contribution in [2.75, 3.05) is 32.4 Å². The van der Waals surface area contributed by atoms with Gasteiger partial charge < -0.3 is 10.2 Å². The molecule has 0 aromatic heterocycles. The van der Waals surface area contributed by atoms with Crippen molar-refractivity contribution in [2.45, 2.75) is 11.8 Å². The van der Waals surface area contributed by atoms with Crippen LogP contribution in [0.1, 0.15) is 15.9 Å². The van der Waals surface area contributed by atoms with Gasteiger partial charge in [-0.15, -0.1) is 11.8 Å². The summed E-state index contributed by atoms with van der Waals surface area (Å²) < 4.78 is 0. The van der Waals surface area contributed by atoms with Crippen molar-refractivity contribution in [2.24, 2.45) is 11.8 Å². The van der Waals surface area contributed by atoms with E-state index in [1.165, 1.54) is 0 Å². The monoisotopic (exact) mass is 276 g/mol. The number of likely N-dealkylation sites (tertiary alicyclic amines) is 1. The van der Waals surface area contributed by atoms with Crippen molar-refractivity contribution in [1.82, 2.24) is 10.2 Å². The van der Waals surface area contributed by atoms with Crippen LogP contribution in [0.3, 0.4) is 0 Å². The number of hydrogen-bond donors (Lipinski definition) is 1. The van der Waals surface area contributed by atoms with Gasteiger partial charge in [-0.2, -0.15) is 0 Å². The molecule has 1 N–H and O–H groups in total. The van der Waals surface area contributed by atoms with E-state index in [9.17, 15) is 4.79 Å². The van der Waals surface area contributed by atoms with E-state index >= 15 is 0 Å². The largest absolute Gasteiger partial charge is 0.338 e. The normalized spacial score (nSPS) is 25.7. The van der Waals surface area contributed by atoms with Gasteiger partial charge in [0.1, 0.15) is 0 Å². The Kier molecular flexibility index (Phi) is 3.54. The molecule has 0 spiro atoms. The summed E-state index contributed by atoms with van der Waals surface area (Å²) in [4.78, 5) is 15.9. The molecule has 102 valence electrons. The number of aryl methyl sites for hydroxylation is 1. The van der Waals surface area contributed by atoms with Gasteiger partial charge >= 0.3 is 0 Å². The van der Waals surface area contributed by atoms with Crippen LogP contribution < -0.4 is 5.32 Å². The minimum absolute atomic E-state index is 0.211. The number of hydrogen-bond acceptors (Lipinski definition) is 3. The topological polar surface area (TPSA) is 32.3 Å². The van der Waals surface area contributed by atoms with Gasteiger partial charge in [-0.25, -0.2) is 0 Å². The van der Waals surface area contributed by atoms with Crippen molar-refractivity contribution >= 4 is 17.7 Å². The van der Waals surface area contributed by atoms with Crippen LogP contribution in [-0.4, -0.2) is 43.2 Å². The van der Waals surface area contributed by atoms with E-state index in [4.69, 9.17) is 0 Å². The Morgan fingerprint density at radius 1 is 1.32 bits per heavy atom. The minimum atomic E-state index is 0.211. The fraction of sp³-hybridized carbons (Fsp3) is 0.533. The average Bonchev–Trinajstić information content (AvgIpc) is 2.99. The quantitative estimate of drug-likeness (QED) is 0.839. The molecule has 0 radical (unpaired) electrons. The van der Waals surface area contributed by atoms with E-state index < -0.39 is 0 Å². The number of benzene rings is 1. The molecule has 2 saturated heterocycles. The molecule has 1 amide bonds. The highest BCUT2D eigenvalue weighted by molar-refractivity contribution is 7.98.